The number of para-hydroxylation sites is 5. The van der Waals surface area contributed by atoms with Gasteiger partial charge < -0.3 is 18.4 Å². The van der Waals surface area contributed by atoms with Crippen LogP contribution in [-0.2, 0) is 5.41 Å². The fourth-order valence-electron chi connectivity index (χ4n) is 10.6. The van der Waals surface area contributed by atoms with E-state index < -0.39 is 0 Å². The predicted octanol–water partition coefficient (Wildman–Crippen LogP) is 11.2. The average Bonchev–Trinajstić information content (AvgIpc) is 3.93. The highest BCUT2D eigenvalue weighted by Crippen LogP contribution is 2.55. The summed E-state index contributed by atoms with van der Waals surface area (Å²) < 4.78 is 12.0. The van der Waals surface area contributed by atoms with Crippen molar-refractivity contribution in [2.24, 2.45) is 0 Å². The SMILES string of the molecule is CC1(C)c2ccccc2-c2c1c1cccc3c1n2-c1cc(N(c2ccccc2)c2ccccc2)cc2c1B3n1c3c-2cccc3c2oc3ccccc3c21. The van der Waals surface area contributed by atoms with Gasteiger partial charge in [-0.2, -0.15) is 0 Å². The third kappa shape index (κ3) is 3.33. The molecule has 0 unspecified atom stereocenters. The van der Waals surface area contributed by atoms with E-state index in [1.807, 2.05) is 0 Å². The molecule has 0 spiro atoms. The van der Waals surface area contributed by atoms with Crippen LogP contribution in [0.25, 0.3) is 71.9 Å². The molecule has 252 valence electrons. The molecule has 1 aliphatic carbocycles. The molecule has 54 heavy (non-hydrogen) atoms. The number of anilines is 3. The van der Waals surface area contributed by atoms with Crippen molar-refractivity contribution in [3.63, 3.8) is 0 Å². The smallest absolute Gasteiger partial charge is 0.333 e. The van der Waals surface area contributed by atoms with Crippen LogP contribution in [0.2, 0.25) is 0 Å². The number of benzene rings is 7. The molecule has 5 heteroatoms. The van der Waals surface area contributed by atoms with Crippen LogP contribution in [0, 0.1) is 0 Å². The van der Waals surface area contributed by atoms with Gasteiger partial charge >= 0.3 is 6.85 Å². The maximum atomic E-state index is 6.77. The summed E-state index contributed by atoms with van der Waals surface area (Å²) in [4.78, 5) is 2.41. The average molecular weight is 690 g/mol. The first-order valence-corrected chi connectivity index (χ1v) is 18.9. The Morgan fingerprint density at radius 1 is 0.556 bits per heavy atom. The van der Waals surface area contributed by atoms with E-state index >= 15 is 0 Å². The van der Waals surface area contributed by atoms with Crippen LogP contribution in [0.1, 0.15) is 25.0 Å². The fraction of sp³-hybridized carbons (Fsp3) is 0.0612. The molecular formula is C49H32BN3O. The standard InChI is InChI=1S/C49H32BN3O/c1-49(2)38-24-11-9-19-33(38)46-42(49)35-22-14-25-39-45(35)52(46)40-28-31(51(29-15-5-3-6-16-29)30-17-7-4-8-18-30)27-37-32-21-13-23-36-44(32)53(50(39)43(37)40)47-34-20-10-12-26-41(34)54-48(36)47/h3-28H,1-2H3. The molecule has 0 atom stereocenters. The lowest BCUT2D eigenvalue weighted by Gasteiger charge is -2.36. The highest BCUT2D eigenvalue weighted by atomic mass is 16.3. The molecule has 5 heterocycles. The van der Waals surface area contributed by atoms with E-state index in [9.17, 15) is 0 Å². The summed E-state index contributed by atoms with van der Waals surface area (Å²) in [5, 5.41) is 3.64. The maximum Gasteiger partial charge on any atom is 0.333 e. The second-order valence-corrected chi connectivity index (χ2v) is 15.7. The zero-order valence-electron chi connectivity index (χ0n) is 29.8. The zero-order chi connectivity index (χ0) is 35.4. The predicted molar refractivity (Wildman–Crippen MR) is 224 cm³/mol. The number of hydrogen-bond donors (Lipinski definition) is 0. The van der Waals surface area contributed by atoms with Gasteiger partial charge in [-0.25, -0.2) is 0 Å². The van der Waals surface area contributed by atoms with Gasteiger partial charge in [0.05, 0.1) is 16.7 Å². The normalized spacial score (nSPS) is 14.2. The van der Waals surface area contributed by atoms with E-state index in [1.54, 1.807) is 0 Å². The van der Waals surface area contributed by atoms with E-state index in [2.05, 4.69) is 186 Å². The number of nitrogens with zero attached hydrogens (tertiary/aromatic N) is 3. The van der Waals surface area contributed by atoms with Crippen LogP contribution in [0.15, 0.2) is 162 Å². The molecule has 0 bridgehead atoms. The highest BCUT2D eigenvalue weighted by Gasteiger charge is 2.47. The second kappa shape index (κ2) is 9.83. The van der Waals surface area contributed by atoms with E-state index in [-0.39, 0.29) is 12.3 Å². The number of fused-ring (bicyclic) bond motifs is 14. The number of hydrogen-bond acceptors (Lipinski definition) is 2. The van der Waals surface area contributed by atoms with E-state index in [4.69, 9.17) is 4.42 Å². The number of rotatable bonds is 3. The minimum atomic E-state index is -0.160. The minimum absolute atomic E-state index is 0.0496. The highest BCUT2D eigenvalue weighted by molar-refractivity contribution is 6.90. The van der Waals surface area contributed by atoms with Crippen molar-refractivity contribution < 1.29 is 4.42 Å². The number of furan rings is 1. The van der Waals surface area contributed by atoms with Crippen molar-refractivity contribution in [3.05, 3.63) is 169 Å². The van der Waals surface area contributed by atoms with Crippen molar-refractivity contribution in [2.45, 2.75) is 19.3 Å². The molecule has 3 aliphatic rings. The largest absolute Gasteiger partial charge is 0.454 e. The fourth-order valence-corrected chi connectivity index (χ4v) is 10.6. The Morgan fingerprint density at radius 3 is 2.04 bits per heavy atom. The maximum absolute atomic E-state index is 6.77. The minimum Gasteiger partial charge on any atom is -0.454 e. The summed E-state index contributed by atoms with van der Waals surface area (Å²) in [6.45, 7) is 4.76. The van der Waals surface area contributed by atoms with Crippen molar-refractivity contribution in [1.82, 2.24) is 9.05 Å². The quantitative estimate of drug-likeness (QED) is 0.173. The lowest BCUT2D eigenvalue weighted by Crippen LogP contribution is -2.55. The monoisotopic (exact) mass is 689 g/mol. The van der Waals surface area contributed by atoms with Gasteiger partial charge in [-0.1, -0.05) is 117 Å². The van der Waals surface area contributed by atoms with Crippen LogP contribution in [0.5, 0.6) is 0 Å². The zero-order valence-corrected chi connectivity index (χ0v) is 29.8. The van der Waals surface area contributed by atoms with Crippen LogP contribution < -0.4 is 15.8 Å². The molecule has 7 aromatic carbocycles. The summed E-state index contributed by atoms with van der Waals surface area (Å²) in [5.74, 6) is 0. The van der Waals surface area contributed by atoms with Gasteiger partial charge in [0.25, 0.3) is 0 Å². The summed E-state index contributed by atoms with van der Waals surface area (Å²) in [6.07, 6.45) is 0. The molecule has 0 saturated carbocycles. The van der Waals surface area contributed by atoms with E-state index in [0.29, 0.717) is 0 Å². The van der Waals surface area contributed by atoms with Gasteiger partial charge in [-0.15, -0.1) is 0 Å². The summed E-state index contributed by atoms with van der Waals surface area (Å²) in [7, 11) is 0. The molecule has 3 aromatic heterocycles. The van der Waals surface area contributed by atoms with Gasteiger partial charge in [0, 0.05) is 61.0 Å². The Morgan fingerprint density at radius 2 is 1.22 bits per heavy atom. The first kappa shape index (κ1) is 28.8. The molecule has 0 radical (unpaired) electrons. The number of aromatic nitrogens is 2. The third-order valence-corrected chi connectivity index (χ3v) is 12.6. The Balaban J connectivity index is 1.25. The lowest BCUT2D eigenvalue weighted by molar-refractivity contribution is 0.666. The van der Waals surface area contributed by atoms with Crippen LogP contribution in [0.4, 0.5) is 17.1 Å². The molecular weight excluding hydrogens is 657 g/mol. The van der Waals surface area contributed by atoms with Crippen LogP contribution in [0.3, 0.4) is 0 Å². The molecule has 4 nitrogen and oxygen atoms in total. The van der Waals surface area contributed by atoms with Crippen molar-refractivity contribution in [3.8, 4) is 28.1 Å². The third-order valence-electron chi connectivity index (χ3n) is 12.6. The Labute approximate surface area is 312 Å². The van der Waals surface area contributed by atoms with E-state index in [1.165, 1.54) is 72.1 Å². The van der Waals surface area contributed by atoms with E-state index in [0.717, 1.165) is 39.0 Å². The molecule has 0 saturated heterocycles. The van der Waals surface area contributed by atoms with Crippen LogP contribution in [-0.4, -0.2) is 15.9 Å². The van der Waals surface area contributed by atoms with Gasteiger partial charge in [0.15, 0.2) is 5.58 Å². The summed E-state index contributed by atoms with van der Waals surface area (Å²) in [6, 6.07) is 57.9. The Bertz CT molecular complexity index is 3220. The summed E-state index contributed by atoms with van der Waals surface area (Å²) >= 11 is 0. The Kier molecular flexibility index (Phi) is 5.24. The molecule has 10 aromatic rings. The van der Waals surface area contributed by atoms with Crippen LogP contribution >= 0.6 is 0 Å². The van der Waals surface area contributed by atoms with Crippen molar-refractivity contribution in [1.29, 1.82) is 0 Å². The molecule has 0 fully saturated rings. The van der Waals surface area contributed by atoms with Crippen molar-refractivity contribution in [2.75, 3.05) is 4.90 Å². The molecule has 0 N–H and O–H groups in total. The van der Waals surface area contributed by atoms with Gasteiger partial charge in [0.1, 0.15) is 5.58 Å². The first-order chi connectivity index (χ1) is 26.6. The lowest BCUT2D eigenvalue weighted by atomic mass is 9.45. The molecule has 2 aliphatic heterocycles. The first-order valence-electron chi connectivity index (χ1n) is 18.9. The molecule has 13 rings (SSSR count). The second-order valence-electron chi connectivity index (χ2n) is 15.7. The topological polar surface area (TPSA) is 26.2 Å². The van der Waals surface area contributed by atoms with Crippen molar-refractivity contribution >= 4 is 78.7 Å². The van der Waals surface area contributed by atoms with Gasteiger partial charge in [-0.3, -0.25) is 0 Å². The Hall–Kier alpha value is -6.72. The summed E-state index contributed by atoms with van der Waals surface area (Å²) in [5.41, 5.74) is 20.7. The van der Waals surface area contributed by atoms with Gasteiger partial charge in [-0.05, 0) is 82.2 Å². The van der Waals surface area contributed by atoms with Gasteiger partial charge in [0.2, 0.25) is 0 Å². The molecule has 0 amide bonds.